The molecule has 4 aliphatic rings. The number of hydrogen-bond donors (Lipinski definition) is 3. The van der Waals surface area contributed by atoms with E-state index in [4.69, 9.17) is 20.9 Å². The van der Waals surface area contributed by atoms with Crippen LogP contribution in [0.1, 0.15) is 118 Å². The highest BCUT2D eigenvalue weighted by Crippen LogP contribution is 2.50. The molecule has 5 N–H and O–H groups in total. The summed E-state index contributed by atoms with van der Waals surface area (Å²) >= 11 is 2.94. The smallest absolute Gasteiger partial charge is 0.318 e. The van der Waals surface area contributed by atoms with E-state index in [0.717, 1.165) is 100 Å². The second-order valence-electron chi connectivity index (χ2n) is 16.9. The number of esters is 2. The summed E-state index contributed by atoms with van der Waals surface area (Å²) in [6.45, 7) is 9.64. The Hall–Kier alpha value is -5.55. The van der Waals surface area contributed by atoms with E-state index in [1.807, 2.05) is 45.0 Å². The fourth-order valence-corrected chi connectivity index (χ4v) is 10.4. The first-order valence-electron chi connectivity index (χ1n) is 22.5. The topological polar surface area (TPSA) is 258 Å². The lowest BCUT2D eigenvalue weighted by Crippen LogP contribution is -2.44. The van der Waals surface area contributed by atoms with Crippen LogP contribution in [0.5, 0.6) is 0 Å². The van der Waals surface area contributed by atoms with Gasteiger partial charge in [0.1, 0.15) is 33.2 Å². The first kappa shape index (κ1) is 59.8. The van der Waals surface area contributed by atoms with Gasteiger partial charge in [0.05, 0.1) is 64.6 Å². The number of aromatic nitrogens is 6. The van der Waals surface area contributed by atoms with E-state index in [2.05, 4.69) is 30.2 Å². The fraction of sp³-hybridized carbons (Fsp3) is 0.490. The van der Waals surface area contributed by atoms with E-state index in [1.54, 1.807) is 36.6 Å². The summed E-state index contributed by atoms with van der Waals surface area (Å²) < 4.78 is 11.9. The number of carbonyl (C=O) groups excluding carboxylic acids is 6. The van der Waals surface area contributed by atoms with Gasteiger partial charge in [-0.05, 0) is 121 Å². The Kier molecular flexibility index (Phi) is 22.1. The summed E-state index contributed by atoms with van der Waals surface area (Å²) in [5.74, 6) is -1.30. The molecule has 0 spiro atoms. The Balaban J connectivity index is 0.000000310. The number of aryl methyl sites for hydroxylation is 2. The quantitative estimate of drug-likeness (QED) is 0.107. The number of ether oxygens (including phenoxy) is 2. The van der Waals surface area contributed by atoms with Gasteiger partial charge >= 0.3 is 11.9 Å². The summed E-state index contributed by atoms with van der Waals surface area (Å²) in [6, 6.07) is 7.11. The average Bonchev–Trinajstić information content (AvgIpc) is 3.77. The summed E-state index contributed by atoms with van der Waals surface area (Å²) in [6.07, 6.45) is 14.8. The molecule has 2 saturated carbocycles. The van der Waals surface area contributed by atoms with Crippen molar-refractivity contribution in [3.8, 4) is 20.9 Å². The lowest BCUT2D eigenvalue weighted by Gasteiger charge is -2.21. The predicted octanol–water partition coefficient (Wildman–Crippen LogP) is 6.04. The van der Waals surface area contributed by atoms with Gasteiger partial charge < -0.3 is 31.2 Å². The molecule has 2 atom stereocenters. The van der Waals surface area contributed by atoms with Crippen LogP contribution in [0, 0.1) is 13.8 Å². The molecule has 2 saturated heterocycles. The minimum Gasteiger partial charge on any atom is -0.465 e. The highest BCUT2D eigenvalue weighted by molar-refractivity contribution is 7.59. The average molecular weight is 1050 g/mol. The van der Waals surface area contributed by atoms with Crippen molar-refractivity contribution in [3.63, 3.8) is 0 Å². The minimum atomic E-state index is -0.636. The zero-order chi connectivity index (χ0) is 47.9. The molecule has 386 valence electrons. The zero-order valence-electron chi connectivity index (χ0n) is 39.1. The molecule has 2 aliphatic carbocycles. The van der Waals surface area contributed by atoms with Gasteiger partial charge in [0.2, 0.25) is 23.6 Å². The van der Waals surface area contributed by atoms with Gasteiger partial charge in [-0.3, -0.25) is 43.3 Å². The van der Waals surface area contributed by atoms with Crippen molar-refractivity contribution >= 4 is 85.2 Å². The van der Waals surface area contributed by atoms with Crippen molar-refractivity contribution in [2.45, 2.75) is 130 Å². The largest absolute Gasteiger partial charge is 0.465 e. The lowest BCUT2D eigenvalue weighted by molar-refractivity contribution is -0.147. The summed E-state index contributed by atoms with van der Waals surface area (Å²) in [7, 11) is 0. The number of rotatable bonds is 14. The van der Waals surface area contributed by atoms with Crippen LogP contribution in [0.4, 0.5) is 0 Å². The third-order valence-corrected chi connectivity index (χ3v) is 14.7. The Morgan fingerprint density at radius 1 is 0.732 bits per heavy atom. The molecular weight excluding hydrogens is 985 g/mol. The molecular formula is C49H68N10O8S4. The molecule has 3 amide bonds. The van der Waals surface area contributed by atoms with Gasteiger partial charge in [-0.15, -0.1) is 22.7 Å². The van der Waals surface area contributed by atoms with Crippen LogP contribution in [0.3, 0.4) is 0 Å². The summed E-state index contributed by atoms with van der Waals surface area (Å²) in [5.41, 5.74) is 14.2. The second kappa shape index (κ2) is 26.2. The molecule has 5 aromatic rings. The summed E-state index contributed by atoms with van der Waals surface area (Å²) in [5, 5.41) is 4.42. The van der Waals surface area contributed by atoms with Gasteiger partial charge in [0.25, 0.3) is 0 Å². The van der Waals surface area contributed by atoms with Crippen LogP contribution >= 0.6 is 49.7 Å². The molecule has 0 unspecified atom stereocenters. The van der Waals surface area contributed by atoms with Gasteiger partial charge in [-0.1, -0.05) is 14.9 Å². The van der Waals surface area contributed by atoms with E-state index in [1.165, 1.54) is 33.6 Å². The molecule has 71 heavy (non-hydrogen) atoms. The number of likely N-dealkylation sites (tertiary alicyclic amines) is 1. The zero-order valence-corrected chi connectivity index (χ0v) is 42.8. The van der Waals surface area contributed by atoms with Crippen molar-refractivity contribution in [2.75, 3.05) is 26.3 Å². The molecule has 7 heterocycles. The number of nitrogens with two attached hydrogens (primary N) is 2. The van der Waals surface area contributed by atoms with Crippen LogP contribution in [-0.4, -0.2) is 108 Å². The van der Waals surface area contributed by atoms with Crippen LogP contribution in [0.15, 0.2) is 55.4 Å². The monoisotopic (exact) mass is 1050 g/mol. The standard InChI is InChI=1S/C22H26N4O4S.C20H20N4O3S.C5H10N2O.2CH4.2H2S/c1-3-30-21(29)22(7-8-22)16-11-14(6-9-24-16)19-13(2)25-17(31-19)12-18(27)26-10-4-5-15(26)20(23)28;1-3-27-19(26)20(5-6-20)15-10-14(4-7-22-15)18-13(2)23-16(28-18)11-17(25)24-9-8-21-12-24;6-5(8)4-2-1-3-7-4;;;;/h6,9,11,15H,3-5,7-8,10,12H2,1-2H3,(H2,23,28);4,7-10,12H,3,5-6,11H2,1-2H3;4,7H,1-3H2,(H2,6,8);2*1H4;2*1H2/t15-;;4-;;;;/m0.0..../s1. The third-order valence-electron chi connectivity index (χ3n) is 12.2. The van der Waals surface area contributed by atoms with Gasteiger partial charge in [-0.2, -0.15) is 27.0 Å². The predicted molar refractivity (Wildman–Crippen MR) is 284 cm³/mol. The molecule has 4 fully saturated rings. The number of nitrogens with one attached hydrogen (secondary N) is 1. The number of pyridine rings is 2. The van der Waals surface area contributed by atoms with Crippen LogP contribution in [0.25, 0.3) is 20.9 Å². The Labute approximate surface area is 437 Å². The number of hydrogen-bond acceptors (Lipinski definition) is 16. The molecule has 9 rings (SSSR count). The minimum absolute atomic E-state index is 0. The molecule has 5 aromatic heterocycles. The highest BCUT2D eigenvalue weighted by Gasteiger charge is 2.55. The Morgan fingerprint density at radius 2 is 1.24 bits per heavy atom. The van der Waals surface area contributed by atoms with Gasteiger partial charge in [0, 0.05) is 31.3 Å². The van der Waals surface area contributed by atoms with Crippen LogP contribution in [0.2, 0.25) is 0 Å². The number of carbonyl (C=O) groups is 6. The molecule has 2 aliphatic heterocycles. The van der Waals surface area contributed by atoms with E-state index < -0.39 is 22.8 Å². The molecule has 0 bridgehead atoms. The first-order chi connectivity index (χ1) is 32.2. The normalized spacial score (nSPS) is 17.4. The molecule has 0 aromatic carbocycles. The number of primary amides is 2. The number of imidazole rings is 1. The molecule has 18 nitrogen and oxygen atoms in total. The van der Waals surface area contributed by atoms with E-state index in [-0.39, 0.29) is 90.4 Å². The Morgan fingerprint density at radius 3 is 1.63 bits per heavy atom. The first-order valence-corrected chi connectivity index (χ1v) is 24.2. The highest BCUT2D eigenvalue weighted by atomic mass is 32.1. The van der Waals surface area contributed by atoms with Crippen molar-refractivity contribution in [3.05, 3.63) is 88.2 Å². The SMILES string of the molecule is C.C.CCOC(=O)C1(c2cc(-c3sc(CC(=O)N4CCC[C@H]4C(N)=O)nc3C)ccn2)CC1.CCOC(=O)C1(c2cc(-c3sc(CC(=O)n4ccnc4)nc3C)ccn2)CC1.NC(=O)[C@@H]1CCCN1.S.S. The number of thiazole rings is 2. The van der Waals surface area contributed by atoms with E-state index in [9.17, 15) is 28.8 Å². The van der Waals surface area contributed by atoms with E-state index in [0.29, 0.717) is 31.2 Å². The maximum absolute atomic E-state index is 12.7. The van der Waals surface area contributed by atoms with Crippen LogP contribution < -0.4 is 16.8 Å². The maximum atomic E-state index is 12.7. The fourth-order valence-electron chi connectivity index (χ4n) is 8.32. The van der Waals surface area contributed by atoms with Crippen molar-refractivity contribution in [1.29, 1.82) is 0 Å². The van der Waals surface area contributed by atoms with E-state index >= 15 is 0 Å². The van der Waals surface area contributed by atoms with Crippen LogP contribution in [-0.2, 0) is 57.1 Å². The molecule has 0 radical (unpaired) electrons. The third kappa shape index (κ3) is 13.9. The van der Waals surface area contributed by atoms with Crippen molar-refractivity contribution < 1.29 is 38.2 Å². The van der Waals surface area contributed by atoms with Gasteiger partial charge in [0.15, 0.2) is 0 Å². The molecule has 22 heteroatoms. The van der Waals surface area contributed by atoms with Crippen molar-refractivity contribution in [1.82, 2.24) is 39.7 Å². The lowest BCUT2D eigenvalue weighted by atomic mass is 10.00. The second-order valence-corrected chi connectivity index (χ2v) is 19.1. The number of nitrogens with zero attached hydrogens (tertiary/aromatic N) is 7. The Bertz CT molecular complexity index is 2620. The summed E-state index contributed by atoms with van der Waals surface area (Å²) in [4.78, 5) is 97.2. The number of amides is 3. The van der Waals surface area contributed by atoms with Crippen molar-refractivity contribution in [2.24, 2.45) is 11.5 Å². The van der Waals surface area contributed by atoms with Gasteiger partial charge in [-0.25, -0.2) is 15.0 Å². The maximum Gasteiger partial charge on any atom is 0.318 e.